The molecule has 0 aromatic heterocycles. The minimum atomic E-state index is -0.470. The van der Waals surface area contributed by atoms with Crippen molar-refractivity contribution in [2.24, 2.45) is 0 Å². The van der Waals surface area contributed by atoms with Gasteiger partial charge in [-0.1, -0.05) is 48.5 Å². The Morgan fingerprint density at radius 3 is 2.46 bits per heavy atom. The SMILES string of the molecule is COc1ccccc1NC(=O)/C(C#N)=C/C(C)=C/c1ccccc1. The molecule has 4 nitrogen and oxygen atoms in total. The van der Waals surface area contributed by atoms with Crippen LogP contribution in [0.15, 0.2) is 71.8 Å². The van der Waals surface area contributed by atoms with Crippen LogP contribution in [0.25, 0.3) is 6.08 Å². The molecule has 0 fully saturated rings. The van der Waals surface area contributed by atoms with E-state index in [1.165, 1.54) is 7.11 Å². The Morgan fingerprint density at radius 2 is 1.79 bits per heavy atom. The Balaban J connectivity index is 2.20. The average molecular weight is 318 g/mol. The monoisotopic (exact) mass is 318 g/mol. The van der Waals surface area contributed by atoms with Crippen molar-refractivity contribution in [1.29, 1.82) is 5.26 Å². The van der Waals surface area contributed by atoms with Gasteiger partial charge in [0, 0.05) is 0 Å². The zero-order valence-corrected chi connectivity index (χ0v) is 13.6. The molecule has 2 aromatic carbocycles. The van der Waals surface area contributed by atoms with Gasteiger partial charge in [-0.3, -0.25) is 4.79 Å². The number of carbonyl (C=O) groups is 1. The molecule has 1 amide bonds. The maximum Gasteiger partial charge on any atom is 0.266 e. The largest absolute Gasteiger partial charge is 0.495 e. The molecule has 1 N–H and O–H groups in total. The van der Waals surface area contributed by atoms with Crippen molar-refractivity contribution in [3.05, 3.63) is 77.4 Å². The van der Waals surface area contributed by atoms with Crippen LogP contribution in [0.1, 0.15) is 12.5 Å². The number of hydrogen-bond donors (Lipinski definition) is 1. The van der Waals surface area contributed by atoms with Gasteiger partial charge >= 0.3 is 0 Å². The van der Waals surface area contributed by atoms with E-state index in [0.29, 0.717) is 11.4 Å². The van der Waals surface area contributed by atoms with Gasteiger partial charge in [0.2, 0.25) is 0 Å². The van der Waals surface area contributed by atoms with Crippen LogP contribution in [0.5, 0.6) is 5.75 Å². The van der Waals surface area contributed by atoms with Crippen LogP contribution in [-0.2, 0) is 4.79 Å². The van der Waals surface area contributed by atoms with Gasteiger partial charge in [-0.15, -0.1) is 0 Å². The Kier molecular flexibility index (Phi) is 5.93. The zero-order valence-electron chi connectivity index (χ0n) is 13.6. The average Bonchev–Trinajstić information content (AvgIpc) is 2.61. The highest BCUT2D eigenvalue weighted by Gasteiger charge is 2.11. The van der Waals surface area contributed by atoms with Gasteiger partial charge in [-0.2, -0.15) is 5.26 Å². The number of anilines is 1. The molecule has 0 unspecified atom stereocenters. The first-order chi connectivity index (χ1) is 11.6. The molecule has 0 aliphatic heterocycles. The molecule has 2 rings (SSSR count). The van der Waals surface area contributed by atoms with Crippen LogP contribution in [0.2, 0.25) is 0 Å². The Labute approximate surface area is 141 Å². The van der Waals surface area contributed by atoms with Crippen molar-refractivity contribution >= 4 is 17.7 Å². The molecular formula is C20H18N2O2. The molecule has 0 saturated carbocycles. The van der Waals surface area contributed by atoms with Crippen molar-refractivity contribution in [1.82, 2.24) is 0 Å². The summed E-state index contributed by atoms with van der Waals surface area (Å²) in [5, 5.41) is 12.0. The normalized spacial score (nSPS) is 11.5. The fourth-order valence-electron chi connectivity index (χ4n) is 2.17. The van der Waals surface area contributed by atoms with E-state index in [1.54, 1.807) is 24.3 Å². The third-order valence-electron chi connectivity index (χ3n) is 3.29. The fraction of sp³-hybridized carbons (Fsp3) is 0.100. The van der Waals surface area contributed by atoms with E-state index in [4.69, 9.17) is 4.74 Å². The summed E-state index contributed by atoms with van der Waals surface area (Å²) >= 11 is 0. The predicted molar refractivity (Wildman–Crippen MR) is 95.4 cm³/mol. The molecule has 0 aliphatic rings. The number of nitriles is 1. The number of nitrogens with one attached hydrogen (secondary N) is 1. The Morgan fingerprint density at radius 1 is 1.12 bits per heavy atom. The number of rotatable bonds is 5. The standard InChI is InChI=1S/C20H18N2O2/c1-15(12-16-8-4-3-5-9-16)13-17(14-21)20(23)22-18-10-6-7-11-19(18)24-2/h3-13H,1-2H3,(H,22,23)/b15-12+,17-13+. The minimum absolute atomic E-state index is 0.0330. The summed E-state index contributed by atoms with van der Waals surface area (Å²) in [6.07, 6.45) is 3.48. The third kappa shape index (κ3) is 4.59. The zero-order chi connectivity index (χ0) is 17.4. The number of ether oxygens (including phenoxy) is 1. The molecule has 0 bridgehead atoms. The minimum Gasteiger partial charge on any atom is -0.495 e. The van der Waals surface area contributed by atoms with Crippen LogP contribution in [0, 0.1) is 11.3 Å². The van der Waals surface area contributed by atoms with Crippen LogP contribution in [0.4, 0.5) is 5.69 Å². The van der Waals surface area contributed by atoms with Crippen molar-refractivity contribution in [3.8, 4) is 11.8 Å². The second kappa shape index (κ2) is 8.35. The molecule has 0 radical (unpaired) electrons. The van der Waals surface area contributed by atoms with E-state index in [9.17, 15) is 10.1 Å². The van der Waals surface area contributed by atoms with Gasteiger partial charge in [-0.05, 0) is 36.3 Å². The summed E-state index contributed by atoms with van der Waals surface area (Å²) in [4.78, 5) is 12.3. The quantitative estimate of drug-likeness (QED) is 0.511. The second-order valence-electron chi connectivity index (χ2n) is 5.12. The van der Waals surface area contributed by atoms with E-state index in [1.807, 2.05) is 55.5 Å². The molecule has 4 heteroatoms. The van der Waals surface area contributed by atoms with Crippen molar-refractivity contribution in [2.75, 3.05) is 12.4 Å². The van der Waals surface area contributed by atoms with Gasteiger partial charge in [-0.25, -0.2) is 0 Å². The maximum absolute atomic E-state index is 12.3. The van der Waals surface area contributed by atoms with Gasteiger partial charge < -0.3 is 10.1 Å². The van der Waals surface area contributed by atoms with Gasteiger partial charge in [0.1, 0.15) is 17.4 Å². The van der Waals surface area contributed by atoms with Gasteiger partial charge in [0.05, 0.1) is 12.8 Å². The molecular weight excluding hydrogens is 300 g/mol. The first-order valence-corrected chi connectivity index (χ1v) is 7.43. The molecule has 24 heavy (non-hydrogen) atoms. The number of allylic oxidation sites excluding steroid dienone is 2. The molecule has 120 valence electrons. The van der Waals surface area contributed by atoms with Crippen LogP contribution < -0.4 is 10.1 Å². The lowest BCUT2D eigenvalue weighted by Crippen LogP contribution is -2.14. The molecule has 0 heterocycles. The summed E-state index contributed by atoms with van der Waals surface area (Å²) in [7, 11) is 1.53. The van der Waals surface area contributed by atoms with E-state index in [2.05, 4.69) is 5.32 Å². The third-order valence-corrected chi connectivity index (χ3v) is 3.29. The fourth-order valence-corrected chi connectivity index (χ4v) is 2.17. The van der Waals surface area contributed by atoms with Crippen molar-refractivity contribution in [3.63, 3.8) is 0 Å². The van der Waals surface area contributed by atoms with E-state index in [0.717, 1.165) is 11.1 Å². The predicted octanol–water partition coefficient (Wildman–Crippen LogP) is 4.19. The van der Waals surface area contributed by atoms with Gasteiger partial charge in [0.15, 0.2) is 0 Å². The highest BCUT2D eigenvalue weighted by atomic mass is 16.5. The lowest BCUT2D eigenvalue weighted by atomic mass is 10.1. The first kappa shape index (κ1) is 17.0. The first-order valence-electron chi connectivity index (χ1n) is 7.43. The second-order valence-corrected chi connectivity index (χ2v) is 5.12. The lowest BCUT2D eigenvalue weighted by molar-refractivity contribution is -0.112. The highest BCUT2D eigenvalue weighted by molar-refractivity contribution is 6.07. The number of hydrogen-bond acceptors (Lipinski definition) is 3. The molecule has 0 saturated heterocycles. The number of para-hydroxylation sites is 2. The summed E-state index contributed by atoms with van der Waals surface area (Å²) in [6, 6.07) is 18.7. The summed E-state index contributed by atoms with van der Waals surface area (Å²) in [5.41, 5.74) is 2.38. The van der Waals surface area contributed by atoms with Crippen LogP contribution >= 0.6 is 0 Å². The molecule has 0 aliphatic carbocycles. The Hall–Kier alpha value is -3.32. The number of amides is 1. The lowest BCUT2D eigenvalue weighted by Gasteiger charge is -2.09. The molecule has 0 atom stereocenters. The van der Waals surface area contributed by atoms with Crippen molar-refractivity contribution in [2.45, 2.75) is 6.92 Å². The highest BCUT2D eigenvalue weighted by Crippen LogP contribution is 2.23. The number of nitrogens with zero attached hydrogens (tertiary/aromatic N) is 1. The summed E-state index contributed by atoms with van der Waals surface area (Å²) in [5.74, 6) is 0.0718. The number of carbonyl (C=O) groups excluding carboxylic acids is 1. The molecule has 0 spiro atoms. The van der Waals surface area contributed by atoms with Crippen LogP contribution in [0.3, 0.4) is 0 Å². The van der Waals surface area contributed by atoms with E-state index >= 15 is 0 Å². The van der Waals surface area contributed by atoms with E-state index in [-0.39, 0.29) is 5.57 Å². The van der Waals surface area contributed by atoms with Crippen LogP contribution in [-0.4, -0.2) is 13.0 Å². The van der Waals surface area contributed by atoms with Crippen molar-refractivity contribution < 1.29 is 9.53 Å². The maximum atomic E-state index is 12.3. The molecule has 2 aromatic rings. The summed E-state index contributed by atoms with van der Waals surface area (Å²) < 4.78 is 5.19. The van der Waals surface area contributed by atoms with Gasteiger partial charge in [0.25, 0.3) is 5.91 Å². The number of methoxy groups -OCH3 is 1. The number of benzene rings is 2. The summed E-state index contributed by atoms with van der Waals surface area (Å²) in [6.45, 7) is 1.85. The van der Waals surface area contributed by atoms with E-state index < -0.39 is 5.91 Å². The Bertz CT molecular complexity index is 815. The smallest absolute Gasteiger partial charge is 0.266 e. The topological polar surface area (TPSA) is 62.1 Å².